The number of benzene rings is 1. The quantitative estimate of drug-likeness (QED) is 0.570. The van der Waals surface area contributed by atoms with Gasteiger partial charge in [0.2, 0.25) is 0 Å². The van der Waals surface area contributed by atoms with Crippen LogP contribution in [0.5, 0.6) is 0 Å². The van der Waals surface area contributed by atoms with Gasteiger partial charge in [-0.05, 0) is 55.3 Å². The molecule has 1 spiro atoms. The highest BCUT2D eigenvalue weighted by Gasteiger charge is 2.49. The summed E-state index contributed by atoms with van der Waals surface area (Å²) in [6.07, 6.45) is -2.54. The molecule has 1 aromatic carbocycles. The lowest BCUT2D eigenvalue weighted by molar-refractivity contribution is -0.137. The van der Waals surface area contributed by atoms with Gasteiger partial charge in [-0.15, -0.1) is 5.10 Å². The van der Waals surface area contributed by atoms with Crippen molar-refractivity contribution in [2.75, 3.05) is 0 Å². The standard InChI is InChI=1S/C18H13F3N4S2.C2H6/c1-10-6-14-15(25-24-10)27-16(23-17(14)4-5-17)26-9-11-2-3-13(18(19,20)21)7-12(11)8-22;1-2/h2-3,6-7H,4-5,9H2,1H3;1-2H3. The Morgan fingerprint density at radius 3 is 2.55 bits per heavy atom. The summed E-state index contributed by atoms with van der Waals surface area (Å²) in [5.74, 6) is 0.373. The minimum Gasteiger partial charge on any atom is -0.260 e. The van der Waals surface area contributed by atoms with E-state index >= 15 is 0 Å². The highest BCUT2D eigenvalue weighted by Crippen LogP contribution is 2.56. The zero-order valence-corrected chi connectivity index (χ0v) is 17.8. The van der Waals surface area contributed by atoms with E-state index in [2.05, 4.69) is 10.2 Å². The molecule has 2 heterocycles. The first-order chi connectivity index (χ1) is 13.8. The Morgan fingerprint density at radius 1 is 1.21 bits per heavy atom. The Morgan fingerprint density at radius 2 is 1.93 bits per heavy atom. The maximum atomic E-state index is 12.8. The zero-order chi connectivity index (χ0) is 21.2. The maximum absolute atomic E-state index is 12.8. The molecular weight excluding hydrogens is 417 g/mol. The van der Waals surface area contributed by atoms with E-state index in [0.29, 0.717) is 11.3 Å². The van der Waals surface area contributed by atoms with E-state index in [1.165, 1.54) is 29.6 Å². The molecule has 0 N–H and O–H groups in total. The zero-order valence-electron chi connectivity index (χ0n) is 16.2. The Bertz CT molecular complexity index is 992. The van der Waals surface area contributed by atoms with Crippen LogP contribution in [0, 0.1) is 18.3 Å². The Labute approximate surface area is 176 Å². The van der Waals surface area contributed by atoms with Crippen LogP contribution in [0.4, 0.5) is 13.2 Å². The predicted molar refractivity (Wildman–Crippen MR) is 110 cm³/mol. The highest BCUT2D eigenvalue weighted by molar-refractivity contribution is 8.38. The summed E-state index contributed by atoms with van der Waals surface area (Å²) >= 11 is 2.84. The van der Waals surface area contributed by atoms with Crippen LogP contribution in [0.2, 0.25) is 0 Å². The number of fused-ring (bicyclic) bond motifs is 2. The molecule has 1 fully saturated rings. The van der Waals surface area contributed by atoms with Crippen molar-refractivity contribution in [3.8, 4) is 6.07 Å². The van der Waals surface area contributed by atoms with E-state index in [4.69, 9.17) is 4.99 Å². The summed E-state index contributed by atoms with van der Waals surface area (Å²) in [4.78, 5) is 4.85. The molecule has 1 saturated carbocycles. The van der Waals surface area contributed by atoms with Crippen molar-refractivity contribution in [2.45, 2.75) is 56.1 Å². The molecule has 0 unspecified atom stereocenters. The summed E-state index contributed by atoms with van der Waals surface area (Å²) in [5, 5.41) is 18.4. The predicted octanol–water partition coefficient (Wildman–Crippen LogP) is 6.09. The van der Waals surface area contributed by atoms with Crippen LogP contribution in [0.1, 0.15) is 54.6 Å². The van der Waals surface area contributed by atoms with Crippen LogP contribution in [-0.4, -0.2) is 14.6 Å². The Kier molecular flexibility index (Phi) is 6.24. The fourth-order valence-electron chi connectivity index (χ4n) is 2.91. The number of hydrogen-bond acceptors (Lipinski definition) is 6. The molecule has 0 atom stereocenters. The van der Waals surface area contributed by atoms with Crippen LogP contribution in [0.15, 0.2) is 34.3 Å². The number of nitriles is 1. The van der Waals surface area contributed by atoms with E-state index in [9.17, 15) is 18.4 Å². The maximum Gasteiger partial charge on any atom is 0.416 e. The molecule has 2 aliphatic rings. The van der Waals surface area contributed by atoms with Gasteiger partial charge in [0.1, 0.15) is 9.40 Å². The number of aliphatic imine (C=N–C) groups is 1. The lowest BCUT2D eigenvalue weighted by atomic mass is 10.1. The monoisotopic (exact) mass is 436 g/mol. The number of nitrogens with zero attached hydrogens (tertiary/aromatic N) is 4. The van der Waals surface area contributed by atoms with E-state index in [-0.39, 0.29) is 11.1 Å². The molecule has 0 bridgehead atoms. The van der Waals surface area contributed by atoms with Crippen molar-refractivity contribution in [2.24, 2.45) is 4.99 Å². The van der Waals surface area contributed by atoms with Gasteiger partial charge in [0.05, 0.1) is 28.4 Å². The largest absolute Gasteiger partial charge is 0.416 e. The molecule has 9 heteroatoms. The van der Waals surface area contributed by atoms with Gasteiger partial charge in [0, 0.05) is 11.3 Å². The average molecular weight is 437 g/mol. The van der Waals surface area contributed by atoms with Crippen LogP contribution < -0.4 is 0 Å². The van der Waals surface area contributed by atoms with E-state index in [1.807, 2.05) is 32.9 Å². The second kappa shape index (κ2) is 8.36. The van der Waals surface area contributed by atoms with Gasteiger partial charge in [0.25, 0.3) is 0 Å². The van der Waals surface area contributed by atoms with Gasteiger partial charge in [-0.1, -0.05) is 31.7 Å². The van der Waals surface area contributed by atoms with Crippen molar-refractivity contribution in [1.29, 1.82) is 5.26 Å². The minimum absolute atomic E-state index is 0.0377. The number of thioether (sulfide) groups is 2. The van der Waals surface area contributed by atoms with Gasteiger partial charge in [-0.3, -0.25) is 4.99 Å². The molecule has 4 nitrogen and oxygen atoms in total. The number of hydrogen-bond donors (Lipinski definition) is 0. The summed E-state index contributed by atoms with van der Waals surface area (Å²) in [6, 6.07) is 7.17. The van der Waals surface area contributed by atoms with E-state index in [0.717, 1.165) is 45.6 Å². The van der Waals surface area contributed by atoms with E-state index in [1.54, 1.807) is 0 Å². The number of rotatable bonds is 2. The van der Waals surface area contributed by atoms with Crippen LogP contribution >= 0.6 is 23.5 Å². The third-order valence-electron chi connectivity index (χ3n) is 4.51. The first kappa shape index (κ1) is 21.7. The van der Waals surface area contributed by atoms with Crippen molar-refractivity contribution in [1.82, 2.24) is 10.2 Å². The van der Waals surface area contributed by atoms with Crippen molar-refractivity contribution in [3.05, 3.63) is 52.2 Å². The molecule has 1 aromatic heterocycles. The third kappa shape index (κ3) is 4.59. The van der Waals surface area contributed by atoms with Crippen molar-refractivity contribution < 1.29 is 13.2 Å². The topological polar surface area (TPSA) is 61.9 Å². The highest BCUT2D eigenvalue weighted by atomic mass is 32.2. The Hall–Kier alpha value is -2.05. The molecular formula is C20H19F3N4S2. The molecule has 29 heavy (non-hydrogen) atoms. The summed E-state index contributed by atoms with van der Waals surface area (Å²) in [6.45, 7) is 5.90. The van der Waals surface area contributed by atoms with Crippen molar-refractivity contribution in [3.63, 3.8) is 0 Å². The summed E-state index contributed by atoms with van der Waals surface area (Å²) < 4.78 is 39.3. The first-order valence-electron chi connectivity index (χ1n) is 9.16. The van der Waals surface area contributed by atoms with Gasteiger partial charge in [0.15, 0.2) is 0 Å². The number of alkyl halides is 3. The van der Waals surface area contributed by atoms with Crippen molar-refractivity contribution >= 4 is 27.9 Å². The van der Waals surface area contributed by atoms with Crippen LogP contribution in [-0.2, 0) is 17.5 Å². The van der Waals surface area contributed by atoms with Gasteiger partial charge >= 0.3 is 6.18 Å². The molecule has 1 aliphatic heterocycles. The average Bonchev–Trinajstić information content (AvgIpc) is 3.47. The lowest BCUT2D eigenvalue weighted by Crippen LogP contribution is -2.14. The third-order valence-corrected chi connectivity index (χ3v) is 6.66. The fourth-order valence-corrected chi connectivity index (χ4v) is 5.16. The molecule has 1 aliphatic carbocycles. The molecule has 0 saturated heterocycles. The molecule has 2 aromatic rings. The molecule has 0 radical (unpaired) electrons. The van der Waals surface area contributed by atoms with E-state index < -0.39 is 11.7 Å². The SMILES string of the molecule is CC.Cc1cc2c(nn1)SC(SCc1ccc(C(F)(F)F)cc1C#N)=NC21CC1. The summed E-state index contributed by atoms with van der Waals surface area (Å²) in [5.41, 5.74) is 1.53. The molecule has 152 valence electrons. The van der Waals surface area contributed by atoms with Gasteiger partial charge in [-0.2, -0.15) is 23.5 Å². The molecule has 0 amide bonds. The van der Waals surface area contributed by atoms with Gasteiger partial charge < -0.3 is 0 Å². The summed E-state index contributed by atoms with van der Waals surface area (Å²) in [7, 11) is 0. The van der Waals surface area contributed by atoms with Crippen LogP contribution in [0.3, 0.4) is 0 Å². The normalized spacial score (nSPS) is 16.2. The second-order valence-electron chi connectivity index (χ2n) is 6.49. The van der Waals surface area contributed by atoms with Crippen LogP contribution in [0.25, 0.3) is 0 Å². The lowest BCUT2D eigenvalue weighted by Gasteiger charge is -2.21. The second-order valence-corrected chi connectivity index (χ2v) is 8.69. The Balaban J connectivity index is 0.00000117. The fraction of sp³-hybridized carbons (Fsp3) is 0.400. The number of aromatic nitrogens is 2. The smallest absolute Gasteiger partial charge is 0.260 e. The molecule has 4 rings (SSSR count). The number of aryl methyl sites for hydroxylation is 1. The minimum atomic E-state index is -4.46. The first-order valence-corrected chi connectivity index (χ1v) is 11.0. The number of halogens is 3. The van der Waals surface area contributed by atoms with Gasteiger partial charge in [-0.25, -0.2) is 0 Å².